The van der Waals surface area contributed by atoms with E-state index in [1.54, 1.807) is 7.11 Å². The van der Waals surface area contributed by atoms with Gasteiger partial charge in [0.25, 0.3) is 0 Å². The van der Waals surface area contributed by atoms with Crippen LogP contribution in [-0.2, 0) is 18.2 Å². The molecule has 0 aromatic carbocycles. The molecule has 1 aromatic rings. The zero-order chi connectivity index (χ0) is 12.1. The molecule has 1 aromatic heterocycles. The van der Waals surface area contributed by atoms with E-state index in [2.05, 4.69) is 26.5 Å². The minimum Gasteiger partial charge on any atom is -0.385 e. The lowest BCUT2D eigenvalue weighted by Crippen LogP contribution is -2.38. The van der Waals surface area contributed by atoms with Gasteiger partial charge in [-0.15, -0.1) is 0 Å². The van der Waals surface area contributed by atoms with E-state index < -0.39 is 0 Å². The topological polar surface area (TPSA) is 65.1 Å². The lowest BCUT2D eigenvalue weighted by molar-refractivity contribution is 0.182. The number of ether oxygens (including phenoxy) is 1. The minimum atomic E-state index is 0.200. The second-order valence-electron chi connectivity index (χ2n) is 3.82. The second kappa shape index (κ2) is 6.34. The standard InChI is InChI=1S/C10H19BrN4O/c1-7-10(11)9(15(2)14-7)6-8(13-12)4-5-16-3/h8,13H,4-6,12H2,1-3H3. The van der Waals surface area contributed by atoms with Crippen molar-refractivity contribution in [2.24, 2.45) is 12.9 Å². The monoisotopic (exact) mass is 290 g/mol. The van der Waals surface area contributed by atoms with Crippen molar-refractivity contribution in [2.75, 3.05) is 13.7 Å². The van der Waals surface area contributed by atoms with Gasteiger partial charge in [0.05, 0.1) is 15.9 Å². The van der Waals surface area contributed by atoms with Crippen molar-refractivity contribution >= 4 is 15.9 Å². The quantitative estimate of drug-likeness (QED) is 0.604. The number of aromatic nitrogens is 2. The summed E-state index contributed by atoms with van der Waals surface area (Å²) in [5.74, 6) is 5.52. The summed E-state index contributed by atoms with van der Waals surface area (Å²) in [6.45, 7) is 2.68. The summed E-state index contributed by atoms with van der Waals surface area (Å²) in [5, 5.41) is 4.35. The van der Waals surface area contributed by atoms with Gasteiger partial charge in [-0.2, -0.15) is 5.10 Å². The highest BCUT2D eigenvalue weighted by Crippen LogP contribution is 2.21. The van der Waals surface area contributed by atoms with Crippen LogP contribution in [0.1, 0.15) is 17.8 Å². The maximum absolute atomic E-state index is 5.52. The minimum absolute atomic E-state index is 0.200. The number of hydrazine groups is 1. The van der Waals surface area contributed by atoms with Crippen molar-refractivity contribution < 1.29 is 4.74 Å². The van der Waals surface area contributed by atoms with Crippen LogP contribution < -0.4 is 11.3 Å². The fourth-order valence-corrected chi connectivity index (χ4v) is 2.14. The molecular formula is C10H19BrN4O. The molecule has 0 saturated carbocycles. The number of hydrogen-bond acceptors (Lipinski definition) is 4. The molecule has 0 aliphatic heterocycles. The third kappa shape index (κ3) is 3.28. The molecule has 1 unspecified atom stereocenters. The van der Waals surface area contributed by atoms with E-state index in [1.807, 2.05) is 18.7 Å². The normalized spacial score (nSPS) is 13.1. The average Bonchev–Trinajstić information content (AvgIpc) is 2.50. The predicted octanol–water partition coefficient (Wildman–Crippen LogP) is 0.902. The second-order valence-corrected chi connectivity index (χ2v) is 4.61. The van der Waals surface area contributed by atoms with Crippen LogP contribution in [0, 0.1) is 6.92 Å². The first-order chi connectivity index (χ1) is 7.60. The van der Waals surface area contributed by atoms with Gasteiger partial charge in [-0.1, -0.05) is 0 Å². The van der Waals surface area contributed by atoms with E-state index in [4.69, 9.17) is 10.6 Å². The highest BCUT2D eigenvalue weighted by Gasteiger charge is 2.15. The van der Waals surface area contributed by atoms with Gasteiger partial charge >= 0.3 is 0 Å². The van der Waals surface area contributed by atoms with E-state index in [1.165, 1.54) is 0 Å². The average molecular weight is 291 g/mol. The first kappa shape index (κ1) is 13.6. The zero-order valence-corrected chi connectivity index (χ0v) is 11.5. The fourth-order valence-electron chi connectivity index (χ4n) is 1.64. The summed E-state index contributed by atoms with van der Waals surface area (Å²) in [4.78, 5) is 0. The number of rotatable bonds is 6. The lowest BCUT2D eigenvalue weighted by atomic mass is 10.1. The lowest BCUT2D eigenvalue weighted by Gasteiger charge is -2.15. The SMILES string of the molecule is COCCC(Cc1c(Br)c(C)nn1C)NN. The molecule has 0 bridgehead atoms. The Labute approximate surface area is 104 Å². The van der Waals surface area contributed by atoms with Crippen LogP contribution >= 0.6 is 15.9 Å². The number of nitrogens with zero attached hydrogens (tertiary/aromatic N) is 2. The number of nitrogens with two attached hydrogens (primary N) is 1. The largest absolute Gasteiger partial charge is 0.385 e. The maximum Gasteiger partial charge on any atom is 0.0738 e. The molecule has 16 heavy (non-hydrogen) atoms. The van der Waals surface area contributed by atoms with Crippen LogP contribution in [0.5, 0.6) is 0 Å². The molecule has 1 atom stereocenters. The van der Waals surface area contributed by atoms with Crippen molar-refractivity contribution in [3.63, 3.8) is 0 Å². The van der Waals surface area contributed by atoms with Crippen LogP contribution in [0.3, 0.4) is 0 Å². The predicted molar refractivity (Wildman–Crippen MR) is 67.0 cm³/mol. The molecule has 0 spiro atoms. The van der Waals surface area contributed by atoms with Crippen molar-refractivity contribution in [2.45, 2.75) is 25.8 Å². The molecule has 0 amide bonds. The van der Waals surface area contributed by atoms with Crippen LogP contribution in [0.4, 0.5) is 0 Å². The van der Waals surface area contributed by atoms with Gasteiger partial charge in [-0.25, -0.2) is 0 Å². The van der Waals surface area contributed by atoms with Crippen molar-refractivity contribution in [1.29, 1.82) is 0 Å². The van der Waals surface area contributed by atoms with E-state index >= 15 is 0 Å². The van der Waals surface area contributed by atoms with Crippen molar-refractivity contribution in [3.05, 3.63) is 15.9 Å². The Morgan fingerprint density at radius 1 is 1.62 bits per heavy atom. The molecule has 1 rings (SSSR count). The van der Waals surface area contributed by atoms with Crippen LogP contribution in [-0.4, -0.2) is 29.5 Å². The Kier molecular flexibility index (Phi) is 5.40. The van der Waals surface area contributed by atoms with E-state index in [0.717, 1.165) is 28.7 Å². The van der Waals surface area contributed by atoms with Gasteiger partial charge in [0, 0.05) is 33.2 Å². The highest BCUT2D eigenvalue weighted by atomic mass is 79.9. The molecule has 5 nitrogen and oxygen atoms in total. The molecule has 0 fully saturated rings. The zero-order valence-electron chi connectivity index (χ0n) is 9.96. The third-order valence-electron chi connectivity index (χ3n) is 2.61. The number of nitrogens with one attached hydrogen (secondary N) is 1. The molecule has 92 valence electrons. The molecule has 1 heterocycles. The third-order valence-corrected chi connectivity index (χ3v) is 3.64. The Hall–Kier alpha value is -0.430. The molecule has 0 radical (unpaired) electrons. The Morgan fingerprint density at radius 3 is 2.75 bits per heavy atom. The molecule has 0 saturated heterocycles. The number of methoxy groups -OCH3 is 1. The van der Waals surface area contributed by atoms with E-state index in [0.29, 0.717) is 6.61 Å². The van der Waals surface area contributed by atoms with Gasteiger partial charge in [0.15, 0.2) is 0 Å². The van der Waals surface area contributed by atoms with Gasteiger partial charge in [-0.05, 0) is 29.3 Å². The summed E-state index contributed by atoms with van der Waals surface area (Å²) in [6.07, 6.45) is 1.71. The van der Waals surface area contributed by atoms with Gasteiger partial charge in [0.2, 0.25) is 0 Å². The van der Waals surface area contributed by atoms with Crippen LogP contribution in [0.25, 0.3) is 0 Å². The highest BCUT2D eigenvalue weighted by molar-refractivity contribution is 9.10. The Bertz CT molecular complexity index is 340. The first-order valence-electron chi connectivity index (χ1n) is 5.23. The van der Waals surface area contributed by atoms with Crippen LogP contribution in [0.2, 0.25) is 0 Å². The van der Waals surface area contributed by atoms with E-state index in [9.17, 15) is 0 Å². The first-order valence-corrected chi connectivity index (χ1v) is 6.02. The van der Waals surface area contributed by atoms with Gasteiger partial charge in [-0.3, -0.25) is 16.0 Å². The number of hydrogen-bond donors (Lipinski definition) is 2. The Morgan fingerprint density at radius 2 is 2.31 bits per heavy atom. The molecule has 0 aliphatic carbocycles. The van der Waals surface area contributed by atoms with Crippen LogP contribution in [0.15, 0.2) is 4.47 Å². The van der Waals surface area contributed by atoms with Gasteiger partial charge < -0.3 is 4.74 Å². The Balaban J connectivity index is 2.69. The smallest absolute Gasteiger partial charge is 0.0738 e. The van der Waals surface area contributed by atoms with Crippen molar-refractivity contribution in [1.82, 2.24) is 15.2 Å². The molecule has 6 heteroatoms. The summed E-state index contributed by atoms with van der Waals surface area (Å²) in [6, 6.07) is 0.200. The summed E-state index contributed by atoms with van der Waals surface area (Å²) < 4.78 is 8.00. The molecule has 0 aliphatic rings. The number of halogens is 1. The number of aryl methyl sites for hydroxylation is 2. The summed E-state index contributed by atoms with van der Waals surface area (Å²) >= 11 is 3.54. The maximum atomic E-state index is 5.52. The van der Waals surface area contributed by atoms with Crippen molar-refractivity contribution in [3.8, 4) is 0 Å². The summed E-state index contributed by atoms with van der Waals surface area (Å²) in [7, 11) is 3.63. The van der Waals surface area contributed by atoms with Gasteiger partial charge in [0.1, 0.15) is 0 Å². The summed E-state index contributed by atoms with van der Waals surface area (Å²) in [5.41, 5.74) is 4.96. The molecule has 3 N–H and O–H groups in total. The van der Waals surface area contributed by atoms with E-state index in [-0.39, 0.29) is 6.04 Å². The fraction of sp³-hybridized carbons (Fsp3) is 0.700. The molecular weight excluding hydrogens is 272 g/mol.